The number of nitrogens with one attached hydrogen (secondary N) is 4. The Morgan fingerprint density at radius 3 is 0.672 bits per heavy atom. The third kappa shape index (κ3) is 124. The fourth-order valence-electron chi connectivity index (χ4n) is 7.20. The van der Waals surface area contributed by atoms with Crippen LogP contribution in [-0.2, 0) is 76.7 Å². The van der Waals surface area contributed by atoms with Crippen molar-refractivity contribution in [1.29, 1.82) is 5.41 Å². The summed E-state index contributed by atoms with van der Waals surface area (Å²) in [6.45, 7) is 15.2. The molecule has 2 aliphatic heterocycles. The molecule has 0 aromatic carbocycles. The number of hydrogen-bond acceptors (Lipinski definition) is 39. The molecule has 2 aliphatic rings. The molecule has 2 heterocycles. The number of amides is 1. The normalized spacial score (nSPS) is 15.4. The van der Waals surface area contributed by atoms with Crippen LogP contribution in [0.1, 0.15) is 196 Å². The first kappa shape index (κ1) is 150. The summed E-state index contributed by atoms with van der Waals surface area (Å²) >= 11 is 3.65. The number of carbonyl (C=O) groups is 16. The molecule has 1 amide bonds. The van der Waals surface area contributed by atoms with Crippen LogP contribution in [0.25, 0.3) is 0 Å². The van der Waals surface area contributed by atoms with Crippen molar-refractivity contribution in [2.75, 3.05) is 64.7 Å². The van der Waals surface area contributed by atoms with E-state index >= 15 is 0 Å². The first-order chi connectivity index (χ1) is 60.4. The van der Waals surface area contributed by atoms with Crippen molar-refractivity contribution >= 4 is 114 Å². The van der Waals surface area contributed by atoms with Gasteiger partial charge in [0.05, 0.1) is 19.1 Å². The molecule has 0 aromatic rings. The summed E-state index contributed by atoms with van der Waals surface area (Å²) in [5.41, 5.74) is 102. The molecule has 0 aromatic heterocycles. The Labute approximate surface area is 768 Å². The fourth-order valence-corrected chi connectivity index (χ4v) is 7.36. The Morgan fingerprint density at radius 1 is 0.359 bits per heavy atom. The number of hydrogen-bond donors (Lipinski definition) is 41. The highest BCUT2D eigenvalue weighted by Crippen LogP contribution is 2.08. The molecule has 57 heteroatoms. The minimum Gasteiger partial charge on any atom is -0.480 e. The van der Waals surface area contributed by atoms with Crippen LogP contribution in [0.4, 0.5) is 0 Å². The SMILES string of the molecule is CC[C@H](C)[C@H](N)C(=O)O.CC[C@H](C)[C@H](N)C(=O)O.C[C@@H](O)[C@H](N)C(=O)O.C[C@H](N)C(=O)O.N=C(N)NCCC[C@H](N)C(=O)O.NC(=O)C[C@H](N)C(=O)O.NCC(=O)O.NCCCC[C@H](N)C(=O)O.NCCCC[C@H](N)C(=O)O.NCCCC[C@H](N)C(=O)O.NCCCC[C@H](N)C(=O)O.NCCCC[C@H](N)C(=O)O.N[C@@H](CS)C(=O)O.O=C(O)[C@@H]1CCCN1.O=C(O)[C@@H]1CCCN1. The average molecular weight is 1930 g/mol. The zero-order valence-electron chi connectivity index (χ0n) is 76.0. The van der Waals surface area contributed by atoms with Crippen LogP contribution in [0.5, 0.6) is 0 Å². The van der Waals surface area contributed by atoms with Gasteiger partial charge in [-0.25, -0.2) is 0 Å². The van der Waals surface area contributed by atoms with Gasteiger partial charge in [0, 0.05) is 12.3 Å². The summed E-state index contributed by atoms with van der Waals surface area (Å²) in [7, 11) is 0. The molecule has 778 valence electrons. The van der Waals surface area contributed by atoms with E-state index in [1.807, 2.05) is 27.7 Å². The van der Waals surface area contributed by atoms with Gasteiger partial charge in [-0.15, -0.1) is 0 Å². The van der Waals surface area contributed by atoms with Crippen molar-refractivity contribution < 1.29 is 158 Å². The highest BCUT2D eigenvalue weighted by molar-refractivity contribution is 7.80. The molecule has 0 saturated carbocycles. The van der Waals surface area contributed by atoms with E-state index < -0.39 is 174 Å². The lowest BCUT2D eigenvalue weighted by Gasteiger charge is -2.11. The molecule has 0 radical (unpaired) electrons. The molecule has 0 aliphatic carbocycles. The number of rotatable bonds is 47. The minimum absolute atomic E-state index is 0.0718. The van der Waals surface area contributed by atoms with E-state index in [0.29, 0.717) is 84.2 Å². The maximum absolute atomic E-state index is 10.2. The second-order valence-electron chi connectivity index (χ2n) is 28.1. The number of primary amides is 1. The van der Waals surface area contributed by atoms with Gasteiger partial charge in [-0.05, 0) is 174 Å². The number of nitrogens with two attached hydrogens (primary N) is 20. The largest absolute Gasteiger partial charge is 0.480 e. The third-order valence-corrected chi connectivity index (χ3v) is 16.6. The standard InChI is InChI=1S/C6H14N4O2.5C6H14N2O2.2C6H13NO2.2C5H9NO2.C4H8N2O3.C4H9NO3.C3H7NO2S.C3H7NO2.C2H5NO2/c7-4(5(11)12)2-1-3-10-6(8)9;5*7-4-2-1-3-5(8)6(9)10;2*1-3-4(2)5(7)6(8)9;2*7-5(8)4-2-1-3-6-4;5-2(4(8)9)1-3(6)7;1-2(6)3(5)4(7)8;4-2(1-7)3(5)6;1-2(4)3(5)6;3-1-2(4)5/h4H,1-3,7H2,(H,11,12)(H4,8,9,10);5*5H,1-4,7-8H2,(H,9,10);2*4-5H,3,7H2,1-2H3,(H,8,9);2*4,6H,1-3H2,(H,7,8);2H,1,5H2,(H2,6,7)(H,8,9);2-3,6H,5H2,1H3,(H,7,8);2,7H,1,4H2,(H,5,6);2H,4H2,1H3,(H,5,6);1,3H2,(H,4,5)/t4-;5*5-;2*4-,5-;2*4-;2-;2-,3+;2*2-;/m00000000000100./s1. The van der Waals surface area contributed by atoms with Gasteiger partial charge < -0.3 is 212 Å². The first-order valence-electron chi connectivity index (χ1n) is 41.2. The number of aliphatic hydroxyl groups excluding tert-OH is 1. The summed E-state index contributed by atoms with van der Waals surface area (Å²) in [4.78, 5) is 160. The minimum atomic E-state index is -1.21. The summed E-state index contributed by atoms with van der Waals surface area (Å²) in [5.74, 6) is -14.7. The Bertz CT molecular complexity index is 2760. The predicted molar refractivity (Wildman–Crippen MR) is 489 cm³/mol. The van der Waals surface area contributed by atoms with Gasteiger partial charge in [0.2, 0.25) is 5.91 Å². The lowest BCUT2D eigenvalue weighted by molar-refractivity contribution is -0.141. The lowest BCUT2D eigenvalue weighted by Crippen LogP contribution is -2.39. The molecule has 60 N–H and O–H groups in total. The summed E-state index contributed by atoms with van der Waals surface area (Å²) in [5, 5.41) is 147. The van der Waals surface area contributed by atoms with Crippen LogP contribution < -0.4 is 131 Å². The quantitative estimate of drug-likeness (QED) is 0.0116. The number of guanidine groups is 1. The highest BCUT2D eigenvalue weighted by Gasteiger charge is 2.23. The molecule has 56 nitrogen and oxygen atoms in total. The smallest absolute Gasteiger partial charge is 0.323 e. The van der Waals surface area contributed by atoms with Gasteiger partial charge in [0.1, 0.15) is 84.6 Å². The zero-order valence-corrected chi connectivity index (χ0v) is 76.9. The number of thiol groups is 1. The fraction of sp³-hybridized carbons (Fsp3) is 0.770. The Balaban J connectivity index is -0.000000104. The second kappa shape index (κ2) is 102. The molecular weight excluding hydrogens is 1770 g/mol. The second-order valence-corrected chi connectivity index (χ2v) is 28.5. The van der Waals surface area contributed by atoms with E-state index in [4.69, 9.17) is 190 Å². The number of carbonyl (C=O) groups excluding carboxylic acids is 1. The molecule has 2 rings (SSSR count). The van der Waals surface area contributed by atoms with Gasteiger partial charge in [-0.2, -0.15) is 12.6 Å². The van der Waals surface area contributed by atoms with Crippen LogP contribution in [0.2, 0.25) is 0 Å². The van der Waals surface area contributed by atoms with E-state index in [-0.39, 0.29) is 48.6 Å². The molecule has 2 saturated heterocycles. The highest BCUT2D eigenvalue weighted by atomic mass is 32.1. The number of aliphatic carboxylic acids is 15. The molecular formula is C74H164N24O32S. The molecule has 131 heavy (non-hydrogen) atoms. The third-order valence-electron chi connectivity index (χ3n) is 16.2. The number of unbranched alkanes of at least 4 members (excludes halogenated alkanes) is 5. The topological polar surface area (TPSA) is 1180 Å². The van der Waals surface area contributed by atoms with E-state index in [1.54, 1.807) is 0 Å². The van der Waals surface area contributed by atoms with Gasteiger partial charge in [-0.1, -0.05) is 72.6 Å². The van der Waals surface area contributed by atoms with Crippen molar-refractivity contribution in [2.45, 2.75) is 286 Å². The maximum Gasteiger partial charge on any atom is 0.323 e. The van der Waals surface area contributed by atoms with Crippen molar-refractivity contribution in [3.05, 3.63) is 0 Å². The predicted octanol–water partition coefficient (Wildman–Crippen LogP) is -8.34. The van der Waals surface area contributed by atoms with Crippen LogP contribution in [0.3, 0.4) is 0 Å². The summed E-state index contributed by atoms with van der Waals surface area (Å²) in [6.07, 6.45) is 15.7. The number of carboxylic acid groups (broad SMARTS) is 15. The van der Waals surface area contributed by atoms with Crippen molar-refractivity contribution in [3.8, 4) is 0 Å². The van der Waals surface area contributed by atoms with Gasteiger partial charge in [0.15, 0.2) is 5.96 Å². The Hall–Kier alpha value is -9.70. The van der Waals surface area contributed by atoms with Crippen LogP contribution in [-0.4, -0.2) is 338 Å². The van der Waals surface area contributed by atoms with Crippen LogP contribution >= 0.6 is 12.6 Å². The average Bonchev–Trinajstić information content (AvgIpc) is 1.76. The Morgan fingerprint density at radius 2 is 0.580 bits per heavy atom. The summed E-state index contributed by atoms with van der Waals surface area (Å²) in [6, 6.07) is -10.2. The van der Waals surface area contributed by atoms with Crippen molar-refractivity contribution in [3.63, 3.8) is 0 Å². The molecule has 17 atom stereocenters. The molecule has 0 spiro atoms. The van der Waals surface area contributed by atoms with E-state index in [9.17, 15) is 76.7 Å². The lowest BCUT2D eigenvalue weighted by atomic mass is 10.0. The van der Waals surface area contributed by atoms with Gasteiger partial charge >= 0.3 is 89.5 Å². The molecule has 2 fully saturated rings. The monoisotopic (exact) mass is 1930 g/mol. The number of aliphatic hydroxyl groups is 1. The Kier molecular flexibility index (Phi) is 117. The van der Waals surface area contributed by atoms with Crippen LogP contribution in [0.15, 0.2) is 0 Å². The summed E-state index contributed by atoms with van der Waals surface area (Å²) < 4.78 is 0. The zero-order chi connectivity index (χ0) is 106. The molecule has 0 unspecified atom stereocenters. The van der Waals surface area contributed by atoms with Crippen LogP contribution in [0, 0.1) is 17.2 Å². The maximum atomic E-state index is 10.2. The van der Waals surface area contributed by atoms with E-state index in [0.717, 1.165) is 116 Å². The molecule has 0 bridgehead atoms. The first-order valence-corrected chi connectivity index (χ1v) is 41.9. The van der Waals surface area contributed by atoms with E-state index in [2.05, 4.69) is 40.0 Å². The van der Waals surface area contributed by atoms with Crippen molar-refractivity contribution in [1.82, 2.24) is 16.0 Å². The van der Waals surface area contributed by atoms with Gasteiger partial charge in [0.25, 0.3) is 0 Å². The van der Waals surface area contributed by atoms with Crippen molar-refractivity contribution in [2.24, 2.45) is 127 Å². The van der Waals surface area contributed by atoms with E-state index in [1.165, 1.54) is 13.8 Å². The number of carboxylic acids is 15. The van der Waals surface area contributed by atoms with Gasteiger partial charge in [-0.3, -0.25) is 82.1 Å².